The van der Waals surface area contributed by atoms with Crippen molar-refractivity contribution in [2.75, 3.05) is 11.5 Å². The molecule has 0 amide bonds. The van der Waals surface area contributed by atoms with Gasteiger partial charge >= 0.3 is 0 Å². The molecule has 2 aliphatic carbocycles. The molecule has 6 nitrogen and oxygen atoms in total. The first kappa shape index (κ1) is 22.1. The van der Waals surface area contributed by atoms with Gasteiger partial charge in [0.15, 0.2) is 0 Å². The standard InChI is InChI=1S/C18H34O6S2/c1-3-15-9-5-7-11-17(15)23-25(19,20)13-14-26(21,22)24-18-12-8-6-10-16(18)4-2/h15-18H,3-14H2,1-2H3. The fourth-order valence-corrected chi connectivity index (χ4v) is 7.30. The predicted molar refractivity (Wildman–Crippen MR) is 102 cm³/mol. The van der Waals surface area contributed by atoms with Crippen LogP contribution in [0.5, 0.6) is 0 Å². The molecule has 0 N–H and O–H groups in total. The van der Waals surface area contributed by atoms with Crippen LogP contribution >= 0.6 is 0 Å². The monoisotopic (exact) mass is 410 g/mol. The van der Waals surface area contributed by atoms with E-state index in [0.717, 1.165) is 64.2 Å². The van der Waals surface area contributed by atoms with E-state index in [1.54, 1.807) is 0 Å². The van der Waals surface area contributed by atoms with Gasteiger partial charge in [-0.25, -0.2) is 0 Å². The SMILES string of the molecule is CCC1CCCCC1OS(=O)(=O)CCS(=O)(=O)OC1CCCCC1CC. The second kappa shape index (κ2) is 9.85. The van der Waals surface area contributed by atoms with Crippen LogP contribution in [0.25, 0.3) is 0 Å². The van der Waals surface area contributed by atoms with Crippen molar-refractivity contribution in [3.63, 3.8) is 0 Å². The zero-order chi connectivity index (χ0) is 19.2. The summed E-state index contributed by atoms with van der Waals surface area (Å²) in [7, 11) is -7.75. The first-order valence-electron chi connectivity index (χ1n) is 10.1. The summed E-state index contributed by atoms with van der Waals surface area (Å²) in [5.41, 5.74) is 0. The summed E-state index contributed by atoms with van der Waals surface area (Å²) in [6, 6.07) is 0. The molecule has 0 radical (unpaired) electrons. The van der Waals surface area contributed by atoms with E-state index in [4.69, 9.17) is 8.37 Å². The second-order valence-electron chi connectivity index (χ2n) is 7.70. The van der Waals surface area contributed by atoms with Gasteiger partial charge in [-0.05, 0) is 37.5 Å². The molecule has 26 heavy (non-hydrogen) atoms. The molecule has 0 saturated heterocycles. The molecule has 8 heteroatoms. The van der Waals surface area contributed by atoms with Crippen molar-refractivity contribution < 1.29 is 25.2 Å². The Morgan fingerprint density at radius 3 is 1.35 bits per heavy atom. The Morgan fingerprint density at radius 2 is 1.00 bits per heavy atom. The normalized spacial score (nSPS) is 31.0. The molecule has 2 fully saturated rings. The van der Waals surface area contributed by atoms with Crippen LogP contribution in [0.1, 0.15) is 78.1 Å². The van der Waals surface area contributed by atoms with Crippen LogP contribution in [-0.2, 0) is 28.6 Å². The molecule has 0 aliphatic heterocycles. The molecule has 2 rings (SSSR count). The topological polar surface area (TPSA) is 86.7 Å². The molecule has 0 aromatic heterocycles. The zero-order valence-corrected chi connectivity index (χ0v) is 17.7. The van der Waals surface area contributed by atoms with Crippen LogP contribution in [0, 0.1) is 11.8 Å². The molecule has 4 unspecified atom stereocenters. The van der Waals surface area contributed by atoms with Crippen LogP contribution in [0.4, 0.5) is 0 Å². The summed E-state index contributed by atoms with van der Waals surface area (Å²) in [6.45, 7) is 4.07. The molecule has 154 valence electrons. The quantitative estimate of drug-likeness (QED) is 0.540. The van der Waals surface area contributed by atoms with Crippen molar-refractivity contribution in [3.8, 4) is 0 Å². The summed E-state index contributed by atoms with van der Waals surface area (Å²) < 4.78 is 59.8. The average molecular weight is 411 g/mol. The van der Waals surface area contributed by atoms with Gasteiger partial charge in [-0.1, -0.05) is 52.4 Å². The second-order valence-corrected chi connectivity index (χ2v) is 11.1. The zero-order valence-electron chi connectivity index (χ0n) is 16.1. The fraction of sp³-hybridized carbons (Fsp3) is 1.00. The third-order valence-corrected chi connectivity index (χ3v) is 8.60. The van der Waals surface area contributed by atoms with Crippen molar-refractivity contribution in [2.24, 2.45) is 11.8 Å². The highest BCUT2D eigenvalue weighted by Crippen LogP contribution is 2.31. The highest BCUT2D eigenvalue weighted by molar-refractivity contribution is 7.90. The average Bonchev–Trinajstić information content (AvgIpc) is 2.61. The molecule has 2 aliphatic rings. The fourth-order valence-electron chi connectivity index (χ4n) is 4.21. The lowest BCUT2D eigenvalue weighted by molar-refractivity contribution is 0.0946. The van der Waals surface area contributed by atoms with Gasteiger partial charge in [0.2, 0.25) is 0 Å². The van der Waals surface area contributed by atoms with Crippen molar-refractivity contribution in [1.29, 1.82) is 0 Å². The lowest BCUT2D eigenvalue weighted by Crippen LogP contribution is -2.34. The van der Waals surface area contributed by atoms with E-state index in [0.29, 0.717) is 0 Å². The van der Waals surface area contributed by atoms with Crippen molar-refractivity contribution in [2.45, 2.75) is 90.3 Å². The maximum atomic E-state index is 12.3. The molecular formula is C18H34O6S2. The lowest BCUT2D eigenvalue weighted by Gasteiger charge is -2.30. The van der Waals surface area contributed by atoms with Crippen molar-refractivity contribution in [1.82, 2.24) is 0 Å². The van der Waals surface area contributed by atoms with Crippen LogP contribution in [0.15, 0.2) is 0 Å². The van der Waals surface area contributed by atoms with Gasteiger partial charge in [-0.15, -0.1) is 0 Å². The van der Waals surface area contributed by atoms with Gasteiger partial charge < -0.3 is 0 Å². The van der Waals surface area contributed by atoms with E-state index in [1.165, 1.54) is 0 Å². The Kier molecular flexibility index (Phi) is 8.37. The summed E-state index contributed by atoms with van der Waals surface area (Å²) in [5, 5.41) is 0. The van der Waals surface area contributed by atoms with Gasteiger partial charge in [0.1, 0.15) is 0 Å². The first-order chi connectivity index (χ1) is 12.3. The molecule has 0 heterocycles. The van der Waals surface area contributed by atoms with E-state index in [1.807, 2.05) is 13.8 Å². The molecule has 0 aromatic rings. The molecular weight excluding hydrogens is 376 g/mol. The van der Waals surface area contributed by atoms with Crippen LogP contribution in [0.3, 0.4) is 0 Å². The molecule has 0 bridgehead atoms. The highest BCUT2D eigenvalue weighted by Gasteiger charge is 2.32. The maximum Gasteiger partial charge on any atom is 0.268 e. The minimum absolute atomic E-state index is 0.235. The summed E-state index contributed by atoms with van der Waals surface area (Å²) in [5.74, 6) is -0.602. The Bertz CT molecular complexity index is 572. The van der Waals surface area contributed by atoms with Crippen molar-refractivity contribution in [3.05, 3.63) is 0 Å². The smallest absolute Gasteiger partial charge is 0.266 e. The maximum absolute atomic E-state index is 12.3. The van der Waals surface area contributed by atoms with Gasteiger partial charge in [-0.2, -0.15) is 16.8 Å². The van der Waals surface area contributed by atoms with Crippen LogP contribution in [0.2, 0.25) is 0 Å². The summed E-state index contributed by atoms with van der Waals surface area (Å²) in [4.78, 5) is 0. The molecule has 0 aromatic carbocycles. The van der Waals surface area contributed by atoms with E-state index in [2.05, 4.69) is 0 Å². The third-order valence-electron chi connectivity index (χ3n) is 5.85. The van der Waals surface area contributed by atoms with Crippen LogP contribution in [-0.4, -0.2) is 40.5 Å². The van der Waals surface area contributed by atoms with Gasteiger partial charge in [0.25, 0.3) is 20.2 Å². The van der Waals surface area contributed by atoms with Gasteiger partial charge in [0.05, 0.1) is 23.7 Å². The Balaban J connectivity index is 1.88. The third kappa shape index (κ3) is 6.77. The van der Waals surface area contributed by atoms with Crippen molar-refractivity contribution >= 4 is 20.2 Å². The van der Waals surface area contributed by atoms with Gasteiger partial charge in [-0.3, -0.25) is 8.37 Å². The Labute approximate surface area is 159 Å². The number of hydrogen-bond donors (Lipinski definition) is 0. The highest BCUT2D eigenvalue weighted by atomic mass is 32.2. The molecule has 2 saturated carbocycles. The van der Waals surface area contributed by atoms with E-state index in [-0.39, 0.29) is 24.0 Å². The van der Waals surface area contributed by atoms with Crippen LogP contribution < -0.4 is 0 Å². The summed E-state index contributed by atoms with van der Waals surface area (Å²) in [6.07, 6.45) is 8.62. The largest absolute Gasteiger partial charge is 0.268 e. The number of rotatable bonds is 9. The predicted octanol–water partition coefficient (Wildman–Crippen LogP) is 3.62. The van der Waals surface area contributed by atoms with E-state index in [9.17, 15) is 16.8 Å². The molecule has 4 atom stereocenters. The van der Waals surface area contributed by atoms with Gasteiger partial charge in [0, 0.05) is 0 Å². The lowest BCUT2D eigenvalue weighted by atomic mass is 9.85. The number of hydrogen-bond acceptors (Lipinski definition) is 6. The van der Waals surface area contributed by atoms with E-state index >= 15 is 0 Å². The Morgan fingerprint density at radius 1 is 0.654 bits per heavy atom. The summed E-state index contributed by atoms with van der Waals surface area (Å²) >= 11 is 0. The minimum atomic E-state index is -3.88. The minimum Gasteiger partial charge on any atom is -0.266 e. The first-order valence-corrected chi connectivity index (χ1v) is 13.2. The Hall–Kier alpha value is -0.180. The molecule has 0 spiro atoms. The van der Waals surface area contributed by atoms with E-state index < -0.39 is 31.7 Å².